The molecule has 0 N–H and O–H groups in total. The van der Waals surface area contributed by atoms with Crippen molar-refractivity contribution in [2.75, 3.05) is 31.1 Å². The molecule has 33 heavy (non-hydrogen) atoms. The Labute approximate surface area is 204 Å². The van der Waals surface area contributed by atoms with Crippen molar-refractivity contribution in [3.8, 4) is 0 Å². The van der Waals surface area contributed by atoms with E-state index in [9.17, 15) is 4.79 Å². The fraction of sp³-hybridized carbons (Fsp3) is 0.500. The first-order valence-electron chi connectivity index (χ1n) is 12.1. The minimum atomic E-state index is 0.0707. The van der Waals surface area contributed by atoms with Crippen molar-refractivity contribution < 1.29 is 4.79 Å². The number of anilines is 1. The Balaban J connectivity index is 1.44. The molecule has 0 bridgehead atoms. The number of hydrogen-bond acceptors (Lipinski definition) is 5. The van der Waals surface area contributed by atoms with Gasteiger partial charge < -0.3 is 9.80 Å². The van der Waals surface area contributed by atoms with Crippen LogP contribution in [0, 0.1) is 5.92 Å². The molecule has 174 valence electrons. The Morgan fingerprint density at radius 1 is 1.18 bits per heavy atom. The highest BCUT2D eigenvalue weighted by atomic mass is 35.5. The van der Waals surface area contributed by atoms with Gasteiger partial charge in [-0.2, -0.15) is 0 Å². The maximum absolute atomic E-state index is 13.0. The van der Waals surface area contributed by atoms with E-state index in [0.29, 0.717) is 29.6 Å². The number of piperazine rings is 1. The quantitative estimate of drug-likeness (QED) is 0.461. The summed E-state index contributed by atoms with van der Waals surface area (Å²) < 4.78 is 0. The number of aryl methyl sites for hydroxylation is 1. The monoisotopic (exact) mass is 482 g/mol. The maximum atomic E-state index is 13.0. The van der Waals surface area contributed by atoms with E-state index in [1.165, 1.54) is 22.2 Å². The molecule has 0 radical (unpaired) electrons. The first kappa shape index (κ1) is 22.6. The fourth-order valence-corrected chi connectivity index (χ4v) is 6.38. The Hall–Kier alpha value is -2.18. The van der Waals surface area contributed by atoms with Gasteiger partial charge in [0.15, 0.2) is 0 Å². The first-order valence-corrected chi connectivity index (χ1v) is 13.3. The van der Waals surface area contributed by atoms with Crippen molar-refractivity contribution in [1.82, 2.24) is 14.9 Å². The van der Waals surface area contributed by atoms with Crippen molar-refractivity contribution in [2.24, 2.45) is 5.92 Å². The lowest BCUT2D eigenvalue weighted by atomic mass is 9.89. The number of fused-ring (bicyclic) bond motifs is 3. The average Bonchev–Trinajstić information content (AvgIpc) is 3.20. The number of hydrogen-bond donors (Lipinski definition) is 0. The van der Waals surface area contributed by atoms with Crippen LogP contribution in [0.5, 0.6) is 0 Å². The van der Waals surface area contributed by atoms with E-state index in [1.807, 2.05) is 28.4 Å². The molecule has 5 rings (SSSR count). The van der Waals surface area contributed by atoms with Crippen molar-refractivity contribution in [3.05, 3.63) is 51.1 Å². The summed E-state index contributed by atoms with van der Waals surface area (Å²) in [5.74, 6) is 3.17. The van der Waals surface area contributed by atoms with E-state index in [2.05, 4.69) is 25.7 Å². The van der Waals surface area contributed by atoms with Crippen molar-refractivity contribution >= 4 is 44.9 Å². The minimum absolute atomic E-state index is 0.0707. The van der Waals surface area contributed by atoms with Crippen molar-refractivity contribution in [1.29, 1.82) is 0 Å². The number of benzene rings is 1. The topological polar surface area (TPSA) is 49.3 Å². The number of carbonyl (C=O) groups is 1. The number of aromatic nitrogens is 2. The predicted octanol–water partition coefficient (Wildman–Crippen LogP) is 5.95. The third-order valence-corrected chi connectivity index (χ3v) is 8.56. The maximum Gasteiger partial charge on any atom is 0.253 e. The summed E-state index contributed by atoms with van der Waals surface area (Å²) in [6.45, 7) is 9.70. The molecule has 0 spiro atoms. The molecule has 1 fully saturated rings. The molecule has 1 aliphatic heterocycles. The van der Waals surface area contributed by atoms with Gasteiger partial charge in [-0.3, -0.25) is 4.79 Å². The van der Waals surface area contributed by atoms with Crippen LogP contribution in [-0.4, -0.2) is 47.0 Å². The summed E-state index contributed by atoms with van der Waals surface area (Å²) in [6, 6.07) is 7.17. The third kappa shape index (κ3) is 4.35. The van der Waals surface area contributed by atoms with Gasteiger partial charge in [0.05, 0.1) is 5.39 Å². The first-order chi connectivity index (χ1) is 15.9. The number of amides is 1. The Morgan fingerprint density at radius 2 is 1.91 bits per heavy atom. The average molecular weight is 483 g/mol. The molecule has 3 heterocycles. The second-order valence-electron chi connectivity index (χ2n) is 9.53. The molecule has 1 aromatic carbocycles. The van der Waals surface area contributed by atoms with Crippen LogP contribution in [0.25, 0.3) is 10.2 Å². The van der Waals surface area contributed by atoms with Crippen LogP contribution in [0.1, 0.15) is 66.2 Å². The lowest BCUT2D eigenvalue weighted by Gasteiger charge is -2.36. The van der Waals surface area contributed by atoms with Crippen LogP contribution < -0.4 is 4.90 Å². The zero-order chi connectivity index (χ0) is 23.1. The van der Waals surface area contributed by atoms with E-state index < -0.39 is 0 Å². The molecule has 1 amide bonds. The van der Waals surface area contributed by atoms with Gasteiger partial charge in [-0.1, -0.05) is 32.4 Å². The lowest BCUT2D eigenvalue weighted by Crippen LogP contribution is -2.49. The van der Waals surface area contributed by atoms with Gasteiger partial charge in [0.2, 0.25) is 0 Å². The van der Waals surface area contributed by atoms with Crippen molar-refractivity contribution in [3.63, 3.8) is 0 Å². The number of carbonyl (C=O) groups excluding carboxylic acids is 1. The summed E-state index contributed by atoms with van der Waals surface area (Å²) in [4.78, 5) is 30.1. The van der Waals surface area contributed by atoms with E-state index >= 15 is 0 Å². The molecule has 0 saturated carbocycles. The third-order valence-electron chi connectivity index (χ3n) is 7.16. The van der Waals surface area contributed by atoms with E-state index in [4.69, 9.17) is 21.6 Å². The van der Waals surface area contributed by atoms with E-state index in [1.54, 1.807) is 12.1 Å². The molecule has 2 aromatic heterocycles. The molecular formula is C26H31ClN4OS. The molecule has 2 atom stereocenters. The second kappa shape index (κ2) is 9.22. The fourth-order valence-electron chi connectivity index (χ4n) is 4.87. The number of halogens is 1. The highest BCUT2D eigenvalue weighted by molar-refractivity contribution is 7.19. The number of thiophene rings is 1. The van der Waals surface area contributed by atoms with Crippen LogP contribution in [0.4, 0.5) is 5.82 Å². The smallest absolute Gasteiger partial charge is 0.253 e. The zero-order valence-corrected chi connectivity index (χ0v) is 21.2. The highest BCUT2D eigenvalue weighted by Crippen LogP contribution is 2.42. The molecule has 7 heteroatoms. The standard InChI is InChI=1S/C26H31ClN4OS/c1-4-17(3)23-28-24(22-20-10-5-16(2)15-21(20)33-25(22)29-23)30-11-13-31(14-12-30)26(32)18-6-8-19(27)9-7-18/h6-9,16-17H,4-5,10-15H2,1-3H3. The predicted molar refractivity (Wildman–Crippen MR) is 137 cm³/mol. The largest absolute Gasteiger partial charge is 0.352 e. The van der Waals surface area contributed by atoms with Crippen LogP contribution in [0.15, 0.2) is 24.3 Å². The molecule has 3 aromatic rings. The van der Waals surface area contributed by atoms with Crippen molar-refractivity contribution in [2.45, 2.75) is 52.4 Å². The van der Waals surface area contributed by atoms with Gasteiger partial charge in [0.1, 0.15) is 16.5 Å². The van der Waals surface area contributed by atoms with Gasteiger partial charge >= 0.3 is 0 Å². The van der Waals surface area contributed by atoms with E-state index in [-0.39, 0.29) is 5.91 Å². The molecule has 1 saturated heterocycles. The van der Waals surface area contributed by atoms with Crippen LogP contribution in [0.2, 0.25) is 5.02 Å². The molecular weight excluding hydrogens is 452 g/mol. The lowest BCUT2D eigenvalue weighted by molar-refractivity contribution is 0.0746. The van der Waals surface area contributed by atoms with Crippen LogP contribution >= 0.6 is 22.9 Å². The van der Waals surface area contributed by atoms with Gasteiger partial charge in [-0.05, 0) is 61.4 Å². The van der Waals surface area contributed by atoms with Gasteiger partial charge in [-0.15, -0.1) is 11.3 Å². The number of nitrogens with zero attached hydrogens (tertiary/aromatic N) is 4. The summed E-state index contributed by atoms with van der Waals surface area (Å²) >= 11 is 7.86. The summed E-state index contributed by atoms with van der Waals surface area (Å²) in [7, 11) is 0. The highest BCUT2D eigenvalue weighted by Gasteiger charge is 2.29. The molecule has 2 aliphatic rings. The summed E-state index contributed by atoms with van der Waals surface area (Å²) in [5, 5.41) is 1.92. The summed E-state index contributed by atoms with van der Waals surface area (Å²) in [6.07, 6.45) is 4.52. The minimum Gasteiger partial charge on any atom is -0.352 e. The SMILES string of the molecule is CCC(C)c1nc(N2CCN(C(=O)c3ccc(Cl)cc3)CC2)c2c3c(sc2n1)CC(C)CC3. The summed E-state index contributed by atoms with van der Waals surface area (Å²) in [5.41, 5.74) is 2.16. The Kier molecular flexibility index (Phi) is 6.32. The van der Waals surface area contributed by atoms with E-state index in [0.717, 1.165) is 54.7 Å². The molecule has 2 unspecified atom stereocenters. The van der Waals surface area contributed by atoms with Gasteiger partial charge in [0, 0.05) is 47.6 Å². The normalized spacial score (nSPS) is 19.6. The number of rotatable bonds is 4. The molecule has 1 aliphatic carbocycles. The van der Waals surface area contributed by atoms with Gasteiger partial charge in [-0.25, -0.2) is 9.97 Å². The van der Waals surface area contributed by atoms with Crippen LogP contribution in [0.3, 0.4) is 0 Å². The molecule has 5 nitrogen and oxygen atoms in total. The van der Waals surface area contributed by atoms with Crippen LogP contribution in [-0.2, 0) is 12.8 Å². The van der Waals surface area contributed by atoms with Gasteiger partial charge in [0.25, 0.3) is 5.91 Å². The Morgan fingerprint density at radius 3 is 2.61 bits per heavy atom. The second-order valence-corrected chi connectivity index (χ2v) is 11.1. The Bertz CT molecular complexity index is 1170. The zero-order valence-electron chi connectivity index (χ0n) is 19.6.